The number of halogens is 3. The quantitative estimate of drug-likeness (QED) is 0.858. The van der Waals surface area contributed by atoms with Gasteiger partial charge in [-0.25, -0.2) is 4.39 Å². The molecule has 0 saturated carbocycles. The number of carboxylic acid groups (broad SMARTS) is 1. The Hall–Kier alpha value is -0.810. The first-order valence-electron chi connectivity index (χ1n) is 4.75. The molecule has 17 heavy (non-hydrogen) atoms. The summed E-state index contributed by atoms with van der Waals surface area (Å²) in [5.41, 5.74) is -1.05. The molecule has 0 aliphatic rings. The lowest BCUT2D eigenvalue weighted by atomic mass is 9.95. The van der Waals surface area contributed by atoms with Crippen molar-refractivity contribution >= 4 is 33.5 Å². The summed E-state index contributed by atoms with van der Waals surface area (Å²) in [4.78, 5) is 10.9. The van der Waals surface area contributed by atoms with Crippen LogP contribution >= 0.6 is 27.5 Å². The van der Waals surface area contributed by atoms with E-state index >= 15 is 0 Å². The molecule has 1 rings (SSSR count). The molecule has 0 aliphatic heterocycles. The number of hydrogen-bond donors (Lipinski definition) is 1. The summed E-state index contributed by atoms with van der Waals surface area (Å²) in [5.74, 6) is -1.37. The Morgan fingerprint density at radius 1 is 1.59 bits per heavy atom. The summed E-state index contributed by atoms with van der Waals surface area (Å²) in [7, 11) is 0. The Balaban J connectivity index is 2.83. The summed E-state index contributed by atoms with van der Waals surface area (Å²) >= 11 is 8.73. The summed E-state index contributed by atoms with van der Waals surface area (Å²) in [6.07, 6.45) is 0. The summed E-state index contributed by atoms with van der Waals surface area (Å²) in [6, 6.07) is 2.48. The van der Waals surface area contributed by atoms with E-state index in [1.54, 1.807) is 0 Å². The second-order valence-electron chi connectivity index (χ2n) is 4.17. The summed E-state index contributed by atoms with van der Waals surface area (Å²) in [5, 5.41) is 8.87. The van der Waals surface area contributed by atoms with Gasteiger partial charge in [0, 0.05) is 6.07 Å². The van der Waals surface area contributed by atoms with E-state index < -0.39 is 17.2 Å². The third-order valence-electron chi connectivity index (χ3n) is 2.14. The minimum Gasteiger partial charge on any atom is -0.491 e. The van der Waals surface area contributed by atoms with Crippen molar-refractivity contribution in [3.8, 4) is 5.75 Å². The van der Waals surface area contributed by atoms with Crippen molar-refractivity contribution in [1.29, 1.82) is 0 Å². The van der Waals surface area contributed by atoms with E-state index in [1.165, 1.54) is 19.9 Å². The molecule has 1 aromatic rings. The highest BCUT2D eigenvalue weighted by atomic mass is 79.9. The average molecular weight is 326 g/mol. The predicted octanol–water partition coefficient (Wildman–Crippen LogP) is 3.73. The lowest BCUT2D eigenvalue weighted by molar-refractivity contribution is -0.148. The maximum atomic E-state index is 13.2. The maximum absolute atomic E-state index is 13.2. The fourth-order valence-corrected chi connectivity index (χ4v) is 1.69. The molecular formula is C11H11BrClFO3. The fraction of sp³-hybridized carbons (Fsp3) is 0.364. The number of hydrogen-bond acceptors (Lipinski definition) is 2. The van der Waals surface area contributed by atoms with Crippen molar-refractivity contribution in [3.05, 3.63) is 27.4 Å². The highest BCUT2D eigenvalue weighted by Crippen LogP contribution is 2.31. The predicted molar refractivity (Wildman–Crippen MR) is 66.0 cm³/mol. The molecule has 1 aromatic carbocycles. The van der Waals surface area contributed by atoms with Crippen LogP contribution in [0.15, 0.2) is 16.6 Å². The Bertz CT molecular complexity index is 449. The molecule has 1 N–H and O–H groups in total. The second kappa shape index (κ2) is 5.23. The van der Waals surface area contributed by atoms with Crippen molar-refractivity contribution in [3.63, 3.8) is 0 Å². The van der Waals surface area contributed by atoms with Gasteiger partial charge in [-0.15, -0.1) is 0 Å². The highest BCUT2D eigenvalue weighted by molar-refractivity contribution is 9.10. The Kier molecular flexibility index (Phi) is 4.38. The van der Waals surface area contributed by atoms with E-state index in [-0.39, 0.29) is 17.4 Å². The molecule has 0 atom stereocenters. The van der Waals surface area contributed by atoms with Crippen LogP contribution in [-0.2, 0) is 4.79 Å². The molecule has 0 aliphatic carbocycles. The lowest BCUT2D eigenvalue weighted by Crippen LogP contribution is -2.30. The SMILES string of the molecule is CC(C)(COc1cc(F)c(Cl)cc1Br)C(=O)O. The molecule has 0 amide bonds. The van der Waals surface area contributed by atoms with Crippen LogP contribution in [0.4, 0.5) is 4.39 Å². The van der Waals surface area contributed by atoms with Crippen molar-refractivity contribution in [1.82, 2.24) is 0 Å². The van der Waals surface area contributed by atoms with E-state index in [1.807, 2.05) is 0 Å². The molecule has 6 heteroatoms. The van der Waals surface area contributed by atoms with Gasteiger partial charge in [0.15, 0.2) is 0 Å². The summed E-state index contributed by atoms with van der Waals surface area (Å²) in [6.45, 7) is 2.98. The van der Waals surface area contributed by atoms with Gasteiger partial charge in [-0.3, -0.25) is 4.79 Å². The molecule has 0 spiro atoms. The standard InChI is InChI=1S/C11H11BrClFO3/c1-11(2,10(15)16)5-17-9-4-8(14)7(13)3-6(9)12/h3-4H,5H2,1-2H3,(H,15,16). The van der Waals surface area contributed by atoms with Crippen molar-refractivity contribution in [2.45, 2.75) is 13.8 Å². The molecule has 0 bridgehead atoms. The van der Waals surface area contributed by atoms with Crippen LogP contribution in [0.25, 0.3) is 0 Å². The van der Waals surface area contributed by atoms with Gasteiger partial charge >= 0.3 is 5.97 Å². The van der Waals surface area contributed by atoms with E-state index in [4.69, 9.17) is 21.4 Å². The van der Waals surface area contributed by atoms with Gasteiger partial charge < -0.3 is 9.84 Å². The molecule has 0 fully saturated rings. The van der Waals surface area contributed by atoms with Gasteiger partial charge in [0.2, 0.25) is 0 Å². The minimum atomic E-state index is -1.05. The normalized spacial score (nSPS) is 11.4. The minimum absolute atomic E-state index is 0.0262. The van der Waals surface area contributed by atoms with E-state index in [0.29, 0.717) is 4.47 Å². The van der Waals surface area contributed by atoms with Crippen molar-refractivity contribution < 1.29 is 19.0 Å². The third-order valence-corrected chi connectivity index (χ3v) is 3.05. The van der Waals surface area contributed by atoms with Gasteiger partial charge in [0.1, 0.15) is 18.2 Å². The molecular weight excluding hydrogens is 314 g/mol. The van der Waals surface area contributed by atoms with Crippen LogP contribution in [0, 0.1) is 11.2 Å². The monoisotopic (exact) mass is 324 g/mol. The van der Waals surface area contributed by atoms with Crippen LogP contribution in [0.5, 0.6) is 5.75 Å². The van der Waals surface area contributed by atoms with Crippen LogP contribution in [0.1, 0.15) is 13.8 Å². The third kappa shape index (κ3) is 3.57. The van der Waals surface area contributed by atoms with Gasteiger partial charge in [0.05, 0.1) is 14.9 Å². The number of benzene rings is 1. The molecule has 0 heterocycles. The van der Waals surface area contributed by atoms with E-state index in [2.05, 4.69) is 15.9 Å². The van der Waals surface area contributed by atoms with Crippen molar-refractivity contribution in [2.75, 3.05) is 6.61 Å². The van der Waals surface area contributed by atoms with E-state index in [9.17, 15) is 9.18 Å². The zero-order chi connectivity index (χ0) is 13.2. The smallest absolute Gasteiger partial charge is 0.312 e. The van der Waals surface area contributed by atoms with Crippen LogP contribution in [0.2, 0.25) is 5.02 Å². The zero-order valence-electron chi connectivity index (χ0n) is 9.26. The topological polar surface area (TPSA) is 46.5 Å². The first-order valence-corrected chi connectivity index (χ1v) is 5.92. The summed E-state index contributed by atoms with van der Waals surface area (Å²) < 4.78 is 18.9. The van der Waals surface area contributed by atoms with E-state index in [0.717, 1.165) is 6.07 Å². The van der Waals surface area contributed by atoms with Crippen LogP contribution in [-0.4, -0.2) is 17.7 Å². The maximum Gasteiger partial charge on any atom is 0.312 e. The average Bonchev–Trinajstić information content (AvgIpc) is 2.21. The van der Waals surface area contributed by atoms with Gasteiger partial charge in [-0.2, -0.15) is 0 Å². The number of aliphatic carboxylic acids is 1. The first kappa shape index (κ1) is 14.3. The number of carbonyl (C=O) groups is 1. The number of ether oxygens (including phenoxy) is 1. The number of rotatable bonds is 4. The molecule has 94 valence electrons. The van der Waals surface area contributed by atoms with Crippen LogP contribution < -0.4 is 4.74 Å². The van der Waals surface area contributed by atoms with Gasteiger partial charge in [-0.05, 0) is 35.8 Å². The lowest BCUT2D eigenvalue weighted by Gasteiger charge is -2.20. The molecule has 0 aromatic heterocycles. The largest absolute Gasteiger partial charge is 0.491 e. The highest BCUT2D eigenvalue weighted by Gasteiger charge is 2.28. The fourth-order valence-electron chi connectivity index (χ4n) is 0.935. The second-order valence-corrected chi connectivity index (χ2v) is 5.44. The van der Waals surface area contributed by atoms with Gasteiger partial charge in [-0.1, -0.05) is 11.6 Å². The number of carboxylic acids is 1. The Labute approximate surface area is 112 Å². The molecule has 0 unspecified atom stereocenters. The first-order chi connectivity index (χ1) is 7.74. The Morgan fingerprint density at radius 3 is 2.71 bits per heavy atom. The van der Waals surface area contributed by atoms with Gasteiger partial charge in [0.25, 0.3) is 0 Å². The zero-order valence-corrected chi connectivity index (χ0v) is 11.6. The molecule has 0 radical (unpaired) electrons. The molecule has 3 nitrogen and oxygen atoms in total. The van der Waals surface area contributed by atoms with Crippen molar-refractivity contribution in [2.24, 2.45) is 5.41 Å². The molecule has 0 saturated heterocycles. The van der Waals surface area contributed by atoms with Crippen LogP contribution in [0.3, 0.4) is 0 Å². The Morgan fingerprint density at radius 2 is 2.18 bits per heavy atom.